The number of nitrogens with two attached hydrogens (primary N) is 1. The molecule has 0 spiro atoms. The highest BCUT2D eigenvalue weighted by atomic mass is 32.2. The zero-order chi connectivity index (χ0) is 13.8. The second-order valence-corrected chi connectivity index (χ2v) is 5.53. The van der Waals surface area contributed by atoms with Gasteiger partial charge in [-0.05, 0) is 30.8 Å². The largest absolute Gasteiger partial charge is 0.366 e. The minimum Gasteiger partial charge on any atom is -0.366 e. The van der Waals surface area contributed by atoms with Crippen LogP contribution in [0.5, 0.6) is 0 Å². The van der Waals surface area contributed by atoms with Crippen LogP contribution in [0.2, 0.25) is 0 Å². The van der Waals surface area contributed by atoms with Crippen LogP contribution in [0.3, 0.4) is 0 Å². The van der Waals surface area contributed by atoms with E-state index in [-0.39, 0.29) is 11.3 Å². The standard InChI is InChI=1S/C12H15N3O3S/c13-12(16)9-1-2-10(11(3-9)15(17)18)7-19-6-8-4-14-5-8/h1-3,8,14H,4-7H2,(H2,13,16). The number of carbonyl (C=O) groups excluding carboxylic acids is 1. The first-order valence-electron chi connectivity index (χ1n) is 5.93. The lowest BCUT2D eigenvalue weighted by molar-refractivity contribution is -0.385. The third-order valence-electron chi connectivity index (χ3n) is 3.04. The molecule has 0 saturated carbocycles. The Morgan fingerprint density at radius 2 is 2.26 bits per heavy atom. The van der Waals surface area contributed by atoms with E-state index in [2.05, 4.69) is 5.32 Å². The molecule has 0 radical (unpaired) electrons. The van der Waals surface area contributed by atoms with Gasteiger partial charge in [-0.2, -0.15) is 11.8 Å². The molecule has 0 bridgehead atoms. The van der Waals surface area contributed by atoms with Crippen molar-refractivity contribution < 1.29 is 9.72 Å². The Morgan fingerprint density at radius 1 is 1.53 bits per heavy atom. The molecule has 1 aliphatic heterocycles. The minimum atomic E-state index is -0.650. The summed E-state index contributed by atoms with van der Waals surface area (Å²) in [5.41, 5.74) is 5.89. The molecule has 19 heavy (non-hydrogen) atoms. The fourth-order valence-corrected chi connectivity index (χ4v) is 2.96. The Balaban J connectivity index is 2.05. The molecular formula is C12H15N3O3S. The Morgan fingerprint density at radius 3 is 2.79 bits per heavy atom. The average Bonchev–Trinajstić information content (AvgIpc) is 2.32. The van der Waals surface area contributed by atoms with E-state index in [1.165, 1.54) is 12.1 Å². The number of amides is 1. The van der Waals surface area contributed by atoms with E-state index in [0.717, 1.165) is 18.8 Å². The summed E-state index contributed by atoms with van der Waals surface area (Å²) in [4.78, 5) is 21.6. The lowest BCUT2D eigenvalue weighted by Crippen LogP contribution is -2.43. The van der Waals surface area contributed by atoms with Gasteiger partial charge in [-0.1, -0.05) is 6.07 Å². The van der Waals surface area contributed by atoms with Crippen LogP contribution in [-0.2, 0) is 5.75 Å². The van der Waals surface area contributed by atoms with Crippen LogP contribution < -0.4 is 11.1 Å². The number of rotatable bonds is 6. The van der Waals surface area contributed by atoms with Gasteiger partial charge in [0.25, 0.3) is 5.69 Å². The van der Waals surface area contributed by atoms with Crippen LogP contribution in [0.25, 0.3) is 0 Å². The van der Waals surface area contributed by atoms with Crippen molar-refractivity contribution in [3.05, 3.63) is 39.4 Å². The molecule has 1 fully saturated rings. The zero-order valence-corrected chi connectivity index (χ0v) is 11.1. The molecule has 2 rings (SSSR count). The van der Waals surface area contributed by atoms with Gasteiger partial charge in [-0.3, -0.25) is 14.9 Å². The van der Waals surface area contributed by atoms with Crippen LogP contribution in [0, 0.1) is 16.0 Å². The highest BCUT2D eigenvalue weighted by Crippen LogP contribution is 2.26. The monoisotopic (exact) mass is 281 g/mol. The fourth-order valence-electron chi connectivity index (χ4n) is 1.81. The third kappa shape index (κ3) is 3.45. The Bertz CT molecular complexity index is 503. The molecule has 0 aliphatic carbocycles. The van der Waals surface area contributed by atoms with Gasteiger partial charge in [0.2, 0.25) is 5.91 Å². The van der Waals surface area contributed by atoms with Gasteiger partial charge in [0.15, 0.2) is 0 Å². The highest BCUT2D eigenvalue weighted by molar-refractivity contribution is 7.98. The molecule has 6 nitrogen and oxygen atoms in total. The molecular weight excluding hydrogens is 266 g/mol. The van der Waals surface area contributed by atoms with Gasteiger partial charge in [0.1, 0.15) is 0 Å². The number of nitro benzene ring substituents is 1. The normalized spacial score (nSPS) is 14.9. The van der Waals surface area contributed by atoms with Gasteiger partial charge < -0.3 is 11.1 Å². The van der Waals surface area contributed by atoms with E-state index in [1.54, 1.807) is 17.8 Å². The first-order valence-corrected chi connectivity index (χ1v) is 7.09. The lowest BCUT2D eigenvalue weighted by Gasteiger charge is -2.26. The predicted molar refractivity (Wildman–Crippen MR) is 74.1 cm³/mol. The van der Waals surface area contributed by atoms with E-state index in [4.69, 9.17) is 5.73 Å². The highest BCUT2D eigenvalue weighted by Gasteiger charge is 2.19. The number of hydrogen-bond donors (Lipinski definition) is 2. The molecule has 1 amide bonds. The quantitative estimate of drug-likeness (QED) is 0.602. The lowest BCUT2D eigenvalue weighted by atomic mass is 10.1. The maximum atomic E-state index is 11.0. The molecule has 0 atom stereocenters. The summed E-state index contributed by atoms with van der Waals surface area (Å²) < 4.78 is 0. The number of nitrogens with zero attached hydrogens (tertiary/aromatic N) is 1. The van der Waals surface area contributed by atoms with Crippen LogP contribution >= 0.6 is 11.8 Å². The average molecular weight is 281 g/mol. The van der Waals surface area contributed by atoms with Crippen molar-refractivity contribution in [3.63, 3.8) is 0 Å². The van der Waals surface area contributed by atoms with Crippen LogP contribution in [0.4, 0.5) is 5.69 Å². The molecule has 1 aliphatic rings. The first-order chi connectivity index (χ1) is 9.08. The van der Waals surface area contributed by atoms with E-state index in [0.29, 0.717) is 17.2 Å². The molecule has 1 saturated heterocycles. The molecule has 3 N–H and O–H groups in total. The summed E-state index contributed by atoms with van der Waals surface area (Å²) in [6, 6.07) is 4.41. The number of primary amides is 1. The number of nitrogens with one attached hydrogen (secondary N) is 1. The van der Waals surface area contributed by atoms with E-state index in [1.807, 2.05) is 0 Å². The van der Waals surface area contributed by atoms with Crippen molar-refractivity contribution in [2.45, 2.75) is 5.75 Å². The van der Waals surface area contributed by atoms with Crippen molar-refractivity contribution in [3.8, 4) is 0 Å². The predicted octanol–water partition coefficient (Wildman–Crippen LogP) is 1.15. The summed E-state index contributed by atoms with van der Waals surface area (Å²) >= 11 is 1.68. The number of hydrogen-bond acceptors (Lipinski definition) is 5. The Hall–Kier alpha value is -1.60. The van der Waals surface area contributed by atoms with Crippen LogP contribution in [-0.4, -0.2) is 29.7 Å². The van der Waals surface area contributed by atoms with Gasteiger partial charge in [-0.15, -0.1) is 0 Å². The molecule has 7 heteroatoms. The number of carbonyl (C=O) groups is 1. The Labute approximate surface area is 114 Å². The molecule has 0 unspecified atom stereocenters. The molecule has 0 aromatic heterocycles. The van der Waals surface area contributed by atoms with Gasteiger partial charge in [0, 0.05) is 22.9 Å². The molecule has 1 aromatic carbocycles. The summed E-state index contributed by atoms with van der Waals surface area (Å²) in [5, 5.41) is 14.2. The summed E-state index contributed by atoms with van der Waals surface area (Å²) in [6.07, 6.45) is 0. The maximum Gasteiger partial charge on any atom is 0.274 e. The second kappa shape index (κ2) is 6.03. The van der Waals surface area contributed by atoms with Gasteiger partial charge >= 0.3 is 0 Å². The number of nitro groups is 1. The third-order valence-corrected chi connectivity index (χ3v) is 4.27. The Kier molecular flexibility index (Phi) is 4.39. The topological polar surface area (TPSA) is 98.3 Å². The summed E-state index contributed by atoms with van der Waals surface area (Å²) in [6.45, 7) is 2.05. The summed E-state index contributed by atoms with van der Waals surface area (Å²) in [7, 11) is 0. The zero-order valence-electron chi connectivity index (χ0n) is 10.3. The molecule has 1 aromatic rings. The minimum absolute atomic E-state index is 0.0319. The van der Waals surface area contributed by atoms with E-state index < -0.39 is 10.8 Å². The van der Waals surface area contributed by atoms with Crippen molar-refractivity contribution in [1.29, 1.82) is 0 Å². The van der Waals surface area contributed by atoms with Crippen molar-refractivity contribution >= 4 is 23.4 Å². The van der Waals surface area contributed by atoms with E-state index >= 15 is 0 Å². The van der Waals surface area contributed by atoms with Crippen LogP contribution in [0.15, 0.2) is 18.2 Å². The fraction of sp³-hybridized carbons (Fsp3) is 0.417. The second-order valence-electron chi connectivity index (χ2n) is 4.50. The van der Waals surface area contributed by atoms with E-state index in [9.17, 15) is 14.9 Å². The van der Waals surface area contributed by atoms with Gasteiger partial charge in [-0.25, -0.2) is 0 Å². The summed E-state index contributed by atoms with van der Waals surface area (Å²) in [5.74, 6) is 1.57. The van der Waals surface area contributed by atoms with Crippen molar-refractivity contribution in [2.75, 3.05) is 18.8 Å². The van der Waals surface area contributed by atoms with Crippen LogP contribution in [0.1, 0.15) is 15.9 Å². The van der Waals surface area contributed by atoms with Gasteiger partial charge in [0.05, 0.1) is 4.92 Å². The van der Waals surface area contributed by atoms with Crippen molar-refractivity contribution in [2.24, 2.45) is 11.7 Å². The van der Waals surface area contributed by atoms with Crippen molar-refractivity contribution in [1.82, 2.24) is 5.32 Å². The number of thioether (sulfide) groups is 1. The molecule has 102 valence electrons. The SMILES string of the molecule is NC(=O)c1ccc(CSCC2CNC2)c([N+](=O)[O-])c1. The number of benzene rings is 1. The maximum absolute atomic E-state index is 11.0. The first kappa shape index (κ1) is 13.8. The molecule has 1 heterocycles. The smallest absolute Gasteiger partial charge is 0.274 e.